The average molecular weight is 679 g/mol. The highest BCUT2D eigenvalue weighted by molar-refractivity contribution is 5.90. The van der Waals surface area contributed by atoms with Crippen molar-refractivity contribution in [3.63, 3.8) is 0 Å². The minimum absolute atomic E-state index is 0.219. The molecule has 0 fully saturated rings. The summed E-state index contributed by atoms with van der Waals surface area (Å²) in [6.07, 6.45) is 16.5. The molecule has 0 aliphatic rings. The second-order valence-corrected chi connectivity index (χ2v) is 11.5. The number of rotatable bonds is 25. The van der Waals surface area contributed by atoms with Crippen LogP contribution in [0.3, 0.4) is 0 Å². The molecule has 1 atom stereocenters. The third kappa shape index (κ3) is 18.8. The Morgan fingerprint density at radius 2 is 1.27 bits per heavy atom. The van der Waals surface area contributed by atoms with Gasteiger partial charge in [0.25, 0.3) is 6.26 Å². The number of carbonyl (C=O) groups is 4. The Morgan fingerprint density at radius 3 is 1.88 bits per heavy atom. The fourth-order valence-corrected chi connectivity index (χ4v) is 4.92. The third-order valence-electron chi connectivity index (χ3n) is 7.50. The van der Waals surface area contributed by atoms with Gasteiger partial charge in [0.2, 0.25) is 6.08 Å². The molecule has 0 aliphatic heterocycles. The van der Waals surface area contributed by atoms with Crippen LogP contribution in [0.25, 0.3) is 0 Å². The molecular weight excluding hydrogens is 632 g/mol. The molecule has 2 aromatic carbocycles. The van der Waals surface area contributed by atoms with E-state index in [4.69, 9.17) is 24.2 Å². The second kappa shape index (κ2) is 25.1. The predicted octanol–water partition coefficient (Wildman–Crippen LogP) is 7.60. The molecule has 0 radical (unpaired) electrons. The normalized spacial score (nSPS) is 10.9. The zero-order chi connectivity index (χ0) is 35.5. The summed E-state index contributed by atoms with van der Waals surface area (Å²) in [6, 6.07) is 11.8. The number of hydrogen-bond donors (Lipinski definition) is 0. The standard InChI is InChI=1S/C37H46N2O10/c1-2-3-4-11-14-32(48-36(43)26-46-37(44)29-17-21-31(22-18-29)47-27-38)15-12-9-7-5-6-8-10-13-16-34(41)45-25-35(42)49-33-23-19-30(20-24-33)39-28-40/h17-24,32H,2-16,25-26H2,1H3/t32-/m1/s1. The molecule has 0 saturated heterocycles. The molecule has 0 heterocycles. The van der Waals surface area contributed by atoms with Crippen LogP contribution in [0.2, 0.25) is 0 Å². The minimum Gasteiger partial charge on any atom is -0.460 e. The van der Waals surface area contributed by atoms with Crippen LogP contribution in [-0.4, -0.2) is 49.3 Å². The van der Waals surface area contributed by atoms with Gasteiger partial charge < -0.3 is 23.7 Å². The maximum atomic E-state index is 12.5. The number of nitrogens with zero attached hydrogens (tertiary/aromatic N) is 2. The highest BCUT2D eigenvalue weighted by atomic mass is 16.6. The SMILES string of the molecule is CCCCCC[C@H](CCCCCCCCCCC(=O)OCC(=O)Oc1ccc(N=C=O)cc1)OC(=O)COC(=O)c1ccc(OC#N)cc1. The number of unbranched alkanes of at least 4 members (excludes halogenated alkanes) is 10. The molecule has 0 unspecified atom stereocenters. The quantitative estimate of drug-likeness (QED) is 0.0193. The molecule has 0 N–H and O–H groups in total. The van der Waals surface area contributed by atoms with Crippen LogP contribution < -0.4 is 9.47 Å². The molecule has 264 valence electrons. The summed E-state index contributed by atoms with van der Waals surface area (Å²) in [5, 5.41) is 8.56. The second-order valence-electron chi connectivity index (χ2n) is 11.5. The fourth-order valence-electron chi connectivity index (χ4n) is 4.92. The average Bonchev–Trinajstić information content (AvgIpc) is 3.10. The lowest BCUT2D eigenvalue weighted by Gasteiger charge is -2.18. The number of carbonyl (C=O) groups excluding carboxylic acids is 5. The third-order valence-corrected chi connectivity index (χ3v) is 7.50. The zero-order valence-corrected chi connectivity index (χ0v) is 28.2. The van der Waals surface area contributed by atoms with Crippen molar-refractivity contribution in [1.82, 2.24) is 0 Å². The molecule has 0 spiro atoms. The van der Waals surface area contributed by atoms with Crippen molar-refractivity contribution < 1.29 is 47.7 Å². The summed E-state index contributed by atoms with van der Waals surface area (Å²) in [4.78, 5) is 62.3. The number of hydrogen-bond acceptors (Lipinski definition) is 12. The summed E-state index contributed by atoms with van der Waals surface area (Å²) >= 11 is 0. The highest BCUT2D eigenvalue weighted by Gasteiger charge is 2.17. The summed E-state index contributed by atoms with van der Waals surface area (Å²) in [5.41, 5.74) is 0.620. The number of benzene rings is 2. The summed E-state index contributed by atoms with van der Waals surface area (Å²) < 4.78 is 25.6. The first-order valence-electron chi connectivity index (χ1n) is 16.9. The van der Waals surface area contributed by atoms with Crippen molar-refractivity contribution in [2.45, 2.75) is 109 Å². The Hall–Kier alpha value is -5.01. The van der Waals surface area contributed by atoms with E-state index in [-0.39, 0.29) is 23.8 Å². The van der Waals surface area contributed by atoms with E-state index in [9.17, 15) is 24.0 Å². The first-order chi connectivity index (χ1) is 23.8. The molecule has 0 aromatic heterocycles. The maximum Gasteiger partial charge on any atom is 0.349 e. The Bertz CT molecular complexity index is 1380. The molecule has 12 heteroatoms. The zero-order valence-electron chi connectivity index (χ0n) is 28.2. The molecular formula is C37H46N2O10. The summed E-state index contributed by atoms with van der Waals surface area (Å²) in [6.45, 7) is 1.20. The number of ether oxygens (including phenoxy) is 5. The lowest BCUT2D eigenvalue weighted by molar-refractivity contribution is -0.153. The van der Waals surface area contributed by atoms with Gasteiger partial charge in [0, 0.05) is 6.42 Å². The van der Waals surface area contributed by atoms with E-state index >= 15 is 0 Å². The Kier molecular flexibility index (Phi) is 20.5. The van der Waals surface area contributed by atoms with Crippen molar-refractivity contribution in [3.8, 4) is 17.8 Å². The predicted molar refractivity (Wildman–Crippen MR) is 179 cm³/mol. The van der Waals surface area contributed by atoms with E-state index in [1.807, 2.05) is 0 Å². The van der Waals surface area contributed by atoms with Crippen LogP contribution in [0, 0.1) is 11.5 Å². The molecule has 0 amide bonds. The highest BCUT2D eigenvalue weighted by Crippen LogP contribution is 2.19. The van der Waals surface area contributed by atoms with Gasteiger partial charge in [0.15, 0.2) is 13.2 Å². The largest absolute Gasteiger partial charge is 0.460 e. The van der Waals surface area contributed by atoms with E-state index in [2.05, 4.69) is 16.7 Å². The van der Waals surface area contributed by atoms with Crippen molar-refractivity contribution >= 4 is 35.6 Å². The fraction of sp³-hybridized carbons (Fsp3) is 0.514. The van der Waals surface area contributed by atoms with Crippen LogP contribution >= 0.6 is 0 Å². The van der Waals surface area contributed by atoms with E-state index < -0.39 is 37.1 Å². The van der Waals surface area contributed by atoms with Crippen molar-refractivity contribution in [1.29, 1.82) is 5.26 Å². The Morgan fingerprint density at radius 1 is 0.694 bits per heavy atom. The van der Waals surface area contributed by atoms with E-state index in [1.165, 1.54) is 54.6 Å². The maximum absolute atomic E-state index is 12.5. The van der Waals surface area contributed by atoms with Gasteiger partial charge in [-0.1, -0.05) is 64.7 Å². The lowest BCUT2D eigenvalue weighted by Crippen LogP contribution is -2.23. The topological polar surface area (TPSA) is 168 Å². The van der Waals surface area contributed by atoms with Gasteiger partial charge in [-0.15, -0.1) is 5.26 Å². The van der Waals surface area contributed by atoms with Gasteiger partial charge in [0.1, 0.15) is 17.6 Å². The number of nitriles is 1. The van der Waals surface area contributed by atoms with Gasteiger partial charge in [-0.2, -0.15) is 4.99 Å². The molecule has 49 heavy (non-hydrogen) atoms. The van der Waals surface area contributed by atoms with Gasteiger partial charge in [0.05, 0.1) is 11.3 Å². The molecule has 0 aliphatic carbocycles. The van der Waals surface area contributed by atoms with Crippen LogP contribution in [0.1, 0.15) is 114 Å². The molecule has 2 rings (SSSR count). The van der Waals surface area contributed by atoms with Crippen LogP contribution in [0.5, 0.6) is 11.5 Å². The van der Waals surface area contributed by atoms with Crippen LogP contribution in [0.15, 0.2) is 53.5 Å². The number of isocyanates is 1. The van der Waals surface area contributed by atoms with Crippen molar-refractivity contribution in [2.75, 3.05) is 13.2 Å². The molecule has 0 bridgehead atoms. The van der Waals surface area contributed by atoms with Crippen LogP contribution in [0.4, 0.5) is 5.69 Å². The van der Waals surface area contributed by atoms with E-state index in [0.29, 0.717) is 17.9 Å². The first kappa shape index (κ1) is 40.2. The van der Waals surface area contributed by atoms with Crippen molar-refractivity contribution in [3.05, 3.63) is 54.1 Å². The summed E-state index contributed by atoms with van der Waals surface area (Å²) in [7, 11) is 0. The smallest absolute Gasteiger partial charge is 0.349 e. The lowest BCUT2D eigenvalue weighted by atomic mass is 10.0. The van der Waals surface area contributed by atoms with Gasteiger partial charge in [-0.05, 0) is 80.6 Å². The molecule has 12 nitrogen and oxygen atoms in total. The number of esters is 4. The molecule has 2 aromatic rings. The Labute approximate surface area is 287 Å². The van der Waals surface area contributed by atoms with Gasteiger partial charge in [-0.3, -0.25) is 4.79 Å². The van der Waals surface area contributed by atoms with Crippen molar-refractivity contribution in [2.24, 2.45) is 4.99 Å². The first-order valence-corrected chi connectivity index (χ1v) is 16.9. The van der Waals surface area contributed by atoms with E-state index in [0.717, 1.165) is 83.5 Å². The van der Waals surface area contributed by atoms with Gasteiger partial charge >= 0.3 is 23.9 Å². The minimum atomic E-state index is -0.699. The monoisotopic (exact) mass is 678 g/mol. The van der Waals surface area contributed by atoms with E-state index in [1.54, 1.807) is 6.26 Å². The Balaban J connectivity index is 1.55. The molecule has 0 saturated carbocycles. The summed E-state index contributed by atoms with van der Waals surface area (Å²) in [5.74, 6) is -1.83. The number of aliphatic imine (C=N–C) groups is 1. The van der Waals surface area contributed by atoms with Crippen LogP contribution in [-0.2, 0) is 33.4 Å². The van der Waals surface area contributed by atoms with Gasteiger partial charge in [-0.25, -0.2) is 19.2 Å².